The Morgan fingerprint density at radius 2 is 1.67 bits per heavy atom. The van der Waals surface area contributed by atoms with E-state index in [4.69, 9.17) is 16.3 Å². The van der Waals surface area contributed by atoms with Gasteiger partial charge >= 0.3 is 0 Å². The van der Waals surface area contributed by atoms with E-state index in [1.165, 1.54) is 22.5 Å². The van der Waals surface area contributed by atoms with Gasteiger partial charge in [0.2, 0.25) is 10.0 Å². The third kappa shape index (κ3) is 5.35. The largest absolute Gasteiger partial charge is 0.497 e. The molecular formula is C24H30ClN3O4S. The normalized spacial score (nSPS) is 18.4. The first-order chi connectivity index (χ1) is 15.9. The third-order valence-electron chi connectivity index (χ3n) is 6.42. The van der Waals surface area contributed by atoms with Crippen molar-refractivity contribution < 1.29 is 17.9 Å². The van der Waals surface area contributed by atoms with Crippen LogP contribution in [0.4, 0.5) is 0 Å². The number of nitrogens with one attached hydrogen (secondary N) is 1. The van der Waals surface area contributed by atoms with Gasteiger partial charge in [-0.25, -0.2) is 8.42 Å². The second-order valence-electron chi connectivity index (χ2n) is 8.49. The number of carbonyl (C=O) groups is 1. The van der Waals surface area contributed by atoms with Gasteiger partial charge in [0.1, 0.15) is 5.75 Å². The maximum absolute atomic E-state index is 13.1. The van der Waals surface area contributed by atoms with Gasteiger partial charge in [0.15, 0.2) is 0 Å². The monoisotopic (exact) mass is 491 g/mol. The van der Waals surface area contributed by atoms with E-state index in [-0.39, 0.29) is 27.4 Å². The van der Waals surface area contributed by atoms with Crippen molar-refractivity contribution in [3.8, 4) is 5.75 Å². The maximum atomic E-state index is 13.1. The van der Waals surface area contributed by atoms with E-state index in [0.717, 1.165) is 50.1 Å². The molecule has 0 saturated carbocycles. The van der Waals surface area contributed by atoms with E-state index < -0.39 is 10.0 Å². The van der Waals surface area contributed by atoms with Crippen LogP contribution in [-0.2, 0) is 10.0 Å². The van der Waals surface area contributed by atoms with Gasteiger partial charge in [-0.1, -0.05) is 23.7 Å². The summed E-state index contributed by atoms with van der Waals surface area (Å²) in [6, 6.07) is 12.2. The molecule has 7 nitrogen and oxygen atoms in total. The lowest BCUT2D eigenvalue weighted by molar-refractivity contribution is 0.0938. The molecule has 1 atom stereocenters. The number of carbonyl (C=O) groups excluding carboxylic acids is 1. The average molecular weight is 492 g/mol. The van der Waals surface area contributed by atoms with Gasteiger partial charge in [0.05, 0.1) is 28.6 Å². The number of sulfonamides is 1. The van der Waals surface area contributed by atoms with E-state index in [1.54, 1.807) is 7.11 Å². The first kappa shape index (κ1) is 24.0. The van der Waals surface area contributed by atoms with Crippen LogP contribution < -0.4 is 10.1 Å². The number of rotatable bonds is 8. The Kier molecular flexibility index (Phi) is 7.58. The highest BCUT2D eigenvalue weighted by Crippen LogP contribution is 2.28. The summed E-state index contributed by atoms with van der Waals surface area (Å²) in [7, 11) is -2.00. The van der Waals surface area contributed by atoms with Gasteiger partial charge in [-0.05, 0) is 74.7 Å². The predicted octanol–water partition coefficient (Wildman–Crippen LogP) is 3.70. The number of likely N-dealkylation sites (tertiary alicyclic amines) is 1. The second-order valence-corrected chi connectivity index (χ2v) is 10.8. The molecule has 2 heterocycles. The van der Waals surface area contributed by atoms with E-state index in [9.17, 15) is 13.2 Å². The van der Waals surface area contributed by atoms with E-state index >= 15 is 0 Å². The van der Waals surface area contributed by atoms with E-state index in [0.29, 0.717) is 19.6 Å². The highest BCUT2D eigenvalue weighted by atomic mass is 35.5. The maximum Gasteiger partial charge on any atom is 0.252 e. The van der Waals surface area contributed by atoms with Crippen molar-refractivity contribution in [3.63, 3.8) is 0 Å². The summed E-state index contributed by atoms with van der Waals surface area (Å²) in [5, 5.41) is 3.22. The van der Waals surface area contributed by atoms with Crippen molar-refractivity contribution in [1.82, 2.24) is 14.5 Å². The standard InChI is InChI=1S/C24H30ClN3O4S/c1-32-19-8-6-18(7-9-19)23(27-12-2-3-13-27)17-26-24(29)21-16-20(10-11-22(21)25)33(30,31)28-14-4-5-15-28/h6-11,16,23H,2-5,12-15,17H2,1H3,(H,26,29)/t23-/m1/s1. The van der Waals surface area contributed by atoms with Crippen molar-refractivity contribution in [1.29, 1.82) is 0 Å². The Morgan fingerprint density at radius 3 is 2.30 bits per heavy atom. The summed E-state index contributed by atoms with van der Waals surface area (Å²) in [5.74, 6) is 0.405. The number of methoxy groups -OCH3 is 1. The molecule has 2 saturated heterocycles. The number of hydrogen-bond acceptors (Lipinski definition) is 5. The Morgan fingerprint density at radius 1 is 1.03 bits per heavy atom. The lowest BCUT2D eigenvalue weighted by Crippen LogP contribution is -2.37. The summed E-state index contributed by atoms with van der Waals surface area (Å²) < 4.78 is 32.6. The van der Waals surface area contributed by atoms with Gasteiger partial charge < -0.3 is 10.1 Å². The lowest BCUT2D eigenvalue weighted by atomic mass is 10.0. The number of halogens is 1. The quantitative estimate of drug-likeness (QED) is 0.609. The number of amides is 1. The molecule has 0 radical (unpaired) electrons. The van der Waals surface area contributed by atoms with E-state index in [2.05, 4.69) is 10.2 Å². The van der Waals surface area contributed by atoms with Crippen molar-refractivity contribution >= 4 is 27.5 Å². The van der Waals surface area contributed by atoms with Crippen LogP contribution in [0.1, 0.15) is 47.6 Å². The zero-order valence-electron chi connectivity index (χ0n) is 18.8. The topological polar surface area (TPSA) is 78.9 Å². The Bertz CT molecular complexity index is 1080. The molecule has 1 amide bonds. The van der Waals surface area contributed by atoms with Crippen LogP contribution in [0.25, 0.3) is 0 Å². The fraction of sp³-hybridized carbons (Fsp3) is 0.458. The molecule has 33 heavy (non-hydrogen) atoms. The zero-order valence-corrected chi connectivity index (χ0v) is 20.4. The van der Waals surface area contributed by atoms with Gasteiger partial charge in [-0.3, -0.25) is 9.69 Å². The summed E-state index contributed by atoms with van der Waals surface area (Å²) in [6.07, 6.45) is 3.96. The number of benzene rings is 2. The van der Waals surface area contributed by atoms with Crippen LogP contribution in [0.5, 0.6) is 5.75 Å². The van der Waals surface area contributed by atoms with Crippen molar-refractivity contribution in [2.75, 3.05) is 39.8 Å². The predicted molar refractivity (Wildman–Crippen MR) is 128 cm³/mol. The molecule has 0 unspecified atom stereocenters. The van der Waals surface area contributed by atoms with Crippen molar-refractivity contribution in [2.24, 2.45) is 0 Å². The highest BCUT2D eigenvalue weighted by molar-refractivity contribution is 7.89. The first-order valence-electron chi connectivity index (χ1n) is 11.4. The molecule has 1 N–H and O–H groups in total. The van der Waals surface area contributed by atoms with Gasteiger partial charge in [-0.2, -0.15) is 4.31 Å². The van der Waals surface area contributed by atoms with Crippen LogP contribution in [-0.4, -0.2) is 63.4 Å². The fourth-order valence-corrected chi connectivity index (χ4v) is 6.29. The van der Waals surface area contributed by atoms with Crippen molar-refractivity contribution in [2.45, 2.75) is 36.6 Å². The third-order valence-corrected chi connectivity index (χ3v) is 8.65. The number of hydrogen-bond donors (Lipinski definition) is 1. The highest BCUT2D eigenvalue weighted by Gasteiger charge is 2.29. The Balaban J connectivity index is 1.52. The summed E-state index contributed by atoms with van der Waals surface area (Å²) in [5.41, 5.74) is 1.27. The van der Waals surface area contributed by atoms with Crippen LogP contribution in [0.3, 0.4) is 0 Å². The Hall–Kier alpha value is -2.13. The van der Waals surface area contributed by atoms with Crippen molar-refractivity contribution in [3.05, 3.63) is 58.6 Å². The molecule has 2 aromatic rings. The average Bonchev–Trinajstić information content (AvgIpc) is 3.55. The summed E-state index contributed by atoms with van der Waals surface area (Å²) >= 11 is 6.30. The van der Waals surface area contributed by atoms with Crippen LogP contribution >= 0.6 is 11.6 Å². The molecule has 0 spiro atoms. The van der Waals surface area contributed by atoms with Crippen LogP contribution in [0, 0.1) is 0 Å². The molecule has 2 aromatic carbocycles. The molecular weight excluding hydrogens is 462 g/mol. The molecule has 2 fully saturated rings. The van der Waals surface area contributed by atoms with Crippen LogP contribution in [0.15, 0.2) is 47.4 Å². The smallest absolute Gasteiger partial charge is 0.252 e. The molecule has 178 valence electrons. The minimum absolute atomic E-state index is 0.0117. The van der Waals surface area contributed by atoms with E-state index in [1.807, 2.05) is 24.3 Å². The first-order valence-corrected chi connectivity index (χ1v) is 13.2. The van der Waals surface area contributed by atoms with Gasteiger partial charge in [0.25, 0.3) is 5.91 Å². The number of nitrogens with zero attached hydrogens (tertiary/aromatic N) is 2. The SMILES string of the molecule is COc1ccc([C@@H](CNC(=O)c2cc(S(=O)(=O)N3CCCC3)ccc2Cl)N2CCCC2)cc1. The number of ether oxygens (including phenoxy) is 1. The summed E-state index contributed by atoms with van der Waals surface area (Å²) in [6.45, 7) is 3.34. The molecule has 4 rings (SSSR count). The Labute approximate surface area is 200 Å². The minimum atomic E-state index is -3.63. The fourth-order valence-electron chi connectivity index (χ4n) is 4.54. The molecule has 9 heteroatoms. The molecule has 2 aliphatic heterocycles. The lowest BCUT2D eigenvalue weighted by Gasteiger charge is -2.28. The molecule has 0 aliphatic carbocycles. The van der Waals surface area contributed by atoms with Gasteiger partial charge in [-0.15, -0.1) is 0 Å². The van der Waals surface area contributed by atoms with Crippen LogP contribution in [0.2, 0.25) is 5.02 Å². The van der Waals surface area contributed by atoms with Gasteiger partial charge in [0, 0.05) is 19.6 Å². The second kappa shape index (κ2) is 10.4. The minimum Gasteiger partial charge on any atom is -0.497 e. The zero-order chi connectivity index (χ0) is 23.4. The molecule has 2 aliphatic rings. The molecule has 0 aromatic heterocycles. The molecule has 0 bridgehead atoms. The summed E-state index contributed by atoms with van der Waals surface area (Å²) in [4.78, 5) is 15.5.